The van der Waals surface area contributed by atoms with E-state index in [9.17, 15) is 0 Å². The highest BCUT2D eigenvalue weighted by Gasteiger charge is 2.35. The van der Waals surface area contributed by atoms with Crippen molar-refractivity contribution >= 4 is 5.96 Å². The first-order chi connectivity index (χ1) is 12.3. The van der Waals surface area contributed by atoms with Crippen LogP contribution in [0.15, 0.2) is 35.3 Å². The molecule has 3 N–H and O–H groups in total. The fraction of sp³-hybridized carbons (Fsp3) is 0.650. The summed E-state index contributed by atoms with van der Waals surface area (Å²) >= 11 is 0. The average Bonchev–Trinajstić information content (AvgIpc) is 3.15. The second-order valence-electron chi connectivity index (χ2n) is 7.29. The van der Waals surface area contributed by atoms with Crippen molar-refractivity contribution in [2.45, 2.75) is 37.5 Å². The molecular weight excluding hydrogens is 312 g/mol. The van der Waals surface area contributed by atoms with Crippen molar-refractivity contribution in [1.82, 2.24) is 10.2 Å². The van der Waals surface area contributed by atoms with E-state index in [0.717, 1.165) is 52.4 Å². The molecule has 1 aromatic carbocycles. The van der Waals surface area contributed by atoms with Crippen LogP contribution in [-0.2, 0) is 10.2 Å². The average molecular weight is 345 g/mol. The van der Waals surface area contributed by atoms with E-state index < -0.39 is 0 Å². The molecule has 5 heteroatoms. The van der Waals surface area contributed by atoms with E-state index in [1.807, 2.05) is 0 Å². The predicted molar refractivity (Wildman–Crippen MR) is 103 cm³/mol. The fourth-order valence-corrected chi connectivity index (χ4v) is 4.02. The summed E-state index contributed by atoms with van der Waals surface area (Å²) in [6.07, 6.45) is 6.09. The number of nitrogens with two attached hydrogens (primary N) is 1. The zero-order valence-electron chi connectivity index (χ0n) is 15.3. The molecular formula is C20H32N4O. The van der Waals surface area contributed by atoms with Crippen LogP contribution >= 0.6 is 0 Å². The predicted octanol–water partition coefficient (Wildman–Crippen LogP) is 2.12. The number of hydrogen-bond acceptors (Lipinski definition) is 3. The first-order valence-corrected chi connectivity index (χ1v) is 9.68. The number of hydrogen-bond donors (Lipinski definition) is 2. The summed E-state index contributed by atoms with van der Waals surface area (Å²) in [7, 11) is 0. The standard InChI is InChI=1S/C20H32N4O/c21-19(22-11-6-12-24-13-15-25-16-14-24)23-17-20(9-4-5-10-20)18-7-2-1-3-8-18/h1-3,7-8H,4-6,9-17H2,(H3,21,22,23). The smallest absolute Gasteiger partial charge is 0.188 e. The van der Waals surface area contributed by atoms with Crippen LogP contribution < -0.4 is 11.1 Å². The molecule has 5 nitrogen and oxygen atoms in total. The fourth-order valence-electron chi connectivity index (χ4n) is 4.02. The van der Waals surface area contributed by atoms with Gasteiger partial charge in [0.25, 0.3) is 0 Å². The van der Waals surface area contributed by atoms with Crippen LogP contribution in [0.2, 0.25) is 0 Å². The molecule has 1 saturated heterocycles. The topological polar surface area (TPSA) is 62.9 Å². The molecule has 1 aliphatic heterocycles. The normalized spacial score (nSPS) is 21.4. The summed E-state index contributed by atoms with van der Waals surface area (Å²) in [6.45, 7) is 6.57. The number of rotatable bonds is 7. The number of ether oxygens (including phenoxy) is 1. The number of aliphatic imine (C=N–C) groups is 1. The van der Waals surface area contributed by atoms with E-state index in [1.165, 1.54) is 31.2 Å². The van der Waals surface area contributed by atoms with Gasteiger partial charge < -0.3 is 15.8 Å². The molecule has 25 heavy (non-hydrogen) atoms. The number of morpholine rings is 1. The maximum atomic E-state index is 6.11. The third-order valence-electron chi connectivity index (χ3n) is 5.56. The Bertz CT molecular complexity index is 534. The zero-order chi connectivity index (χ0) is 17.4. The molecule has 1 aliphatic carbocycles. The molecule has 0 spiro atoms. The largest absolute Gasteiger partial charge is 0.379 e. The van der Waals surface area contributed by atoms with E-state index in [4.69, 9.17) is 10.5 Å². The maximum Gasteiger partial charge on any atom is 0.188 e. The van der Waals surface area contributed by atoms with Gasteiger partial charge >= 0.3 is 0 Å². The summed E-state index contributed by atoms with van der Waals surface area (Å²) in [6, 6.07) is 10.8. The Morgan fingerprint density at radius 3 is 2.60 bits per heavy atom. The summed E-state index contributed by atoms with van der Waals surface area (Å²) in [5, 5.41) is 3.28. The van der Waals surface area contributed by atoms with Crippen LogP contribution in [0.5, 0.6) is 0 Å². The lowest BCUT2D eigenvalue weighted by molar-refractivity contribution is 0.0376. The Hall–Kier alpha value is -1.59. The molecule has 0 unspecified atom stereocenters. The Morgan fingerprint density at radius 1 is 1.16 bits per heavy atom. The van der Waals surface area contributed by atoms with Crippen molar-refractivity contribution in [2.24, 2.45) is 10.7 Å². The Labute approximate surface area is 151 Å². The number of nitrogens with zero attached hydrogens (tertiary/aromatic N) is 2. The quantitative estimate of drug-likeness (QED) is 0.452. The highest BCUT2D eigenvalue weighted by Crippen LogP contribution is 2.41. The Morgan fingerprint density at radius 2 is 1.88 bits per heavy atom. The summed E-state index contributed by atoms with van der Waals surface area (Å²) in [4.78, 5) is 7.13. The minimum Gasteiger partial charge on any atom is -0.379 e. The molecule has 138 valence electrons. The Kier molecular flexibility index (Phi) is 6.70. The summed E-state index contributed by atoms with van der Waals surface area (Å²) < 4.78 is 5.37. The van der Waals surface area contributed by atoms with Gasteiger partial charge in [0.1, 0.15) is 0 Å². The molecule has 0 bridgehead atoms. The van der Waals surface area contributed by atoms with Crippen molar-refractivity contribution < 1.29 is 4.74 Å². The monoisotopic (exact) mass is 344 g/mol. The van der Waals surface area contributed by atoms with Crippen molar-refractivity contribution in [3.8, 4) is 0 Å². The van der Waals surface area contributed by atoms with Gasteiger partial charge in [0.2, 0.25) is 0 Å². The number of nitrogens with one attached hydrogen (secondary N) is 1. The van der Waals surface area contributed by atoms with Gasteiger partial charge in [0.05, 0.1) is 19.8 Å². The van der Waals surface area contributed by atoms with Crippen LogP contribution in [-0.4, -0.2) is 56.8 Å². The molecule has 0 radical (unpaired) electrons. The lowest BCUT2D eigenvalue weighted by Gasteiger charge is -2.28. The molecule has 2 aliphatic rings. The highest BCUT2D eigenvalue weighted by molar-refractivity contribution is 5.77. The lowest BCUT2D eigenvalue weighted by atomic mass is 9.79. The van der Waals surface area contributed by atoms with E-state index in [0.29, 0.717) is 5.96 Å². The van der Waals surface area contributed by atoms with Crippen LogP contribution in [0.1, 0.15) is 37.7 Å². The van der Waals surface area contributed by atoms with Gasteiger partial charge in [-0.25, -0.2) is 0 Å². The van der Waals surface area contributed by atoms with Gasteiger partial charge in [0, 0.05) is 25.0 Å². The van der Waals surface area contributed by atoms with Crippen molar-refractivity contribution in [2.75, 3.05) is 45.9 Å². The minimum atomic E-state index is 0.182. The molecule has 3 rings (SSSR count). The zero-order valence-corrected chi connectivity index (χ0v) is 15.3. The molecule has 0 atom stereocenters. The van der Waals surface area contributed by atoms with Crippen LogP contribution in [0, 0.1) is 0 Å². The van der Waals surface area contributed by atoms with Gasteiger partial charge in [-0.05, 0) is 31.4 Å². The molecule has 2 fully saturated rings. The Balaban J connectivity index is 1.45. The maximum absolute atomic E-state index is 6.11. The molecule has 0 aromatic heterocycles. The molecule has 1 aromatic rings. The van der Waals surface area contributed by atoms with E-state index >= 15 is 0 Å². The van der Waals surface area contributed by atoms with E-state index in [-0.39, 0.29) is 5.41 Å². The van der Waals surface area contributed by atoms with Crippen LogP contribution in [0.4, 0.5) is 0 Å². The molecule has 0 amide bonds. The van der Waals surface area contributed by atoms with Gasteiger partial charge in [0.15, 0.2) is 5.96 Å². The van der Waals surface area contributed by atoms with Gasteiger partial charge in [-0.15, -0.1) is 0 Å². The van der Waals surface area contributed by atoms with Gasteiger partial charge in [-0.1, -0.05) is 43.2 Å². The second kappa shape index (κ2) is 9.20. The SMILES string of the molecule is NC(=NCC1(c2ccccc2)CCCC1)NCCCN1CCOCC1. The van der Waals surface area contributed by atoms with Crippen molar-refractivity contribution in [3.05, 3.63) is 35.9 Å². The lowest BCUT2D eigenvalue weighted by Crippen LogP contribution is -2.39. The molecule has 1 saturated carbocycles. The minimum absolute atomic E-state index is 0.182. The number of guanidine groups is 1. The van der Waals surface area contributed by atoms with E-state index in [1.54, 1.807) is 0 Å². The third kappa shape index (κ3) is 5.19. The summed E-state index contributed by atoms with van der Waals surface area (Å²) in [5.74, 6) is 0.587. The first-order valence-electron chi connectivity index (χ1n) is 9.68. The molecule has 1 heterocycles. The van der Waals surface area contributed by atoms with Crippen LogP contribution in [0.25, 0.3) is 0 Å². The highest BCUT2D eigenvalue weighted by atomic mass is 16.5. The van der Waals surface area contributed by atoms with Crippen molar-refractivity contribution in [3.63, 3.8) is 0 Å². The third-order valence-corrected chi connectivity index (χ3v) is 5.56. The van der Waals surface area contributed by atoms with Crippen LogP contribution in [0.3, 0.4) is 0 Å². The first kappa shape index (κ1) is 18.2. The van der Waals surface area contributed by atoms with E-state index in [2.05, 4.69) is 45.5 Å². The van der Waals surface area contributed by atoms with Crippen molar-refractivity contribution in [1.29, 1.82) is 0 Å². The second-order valence-corrected chi connectivity index (χ2v) is 7.29. The van der Waals surface area contributed by atoms with Gasteiger partial charge in [-0.2, -0.15) is 0 Å². The number of benzene rings is 1. The summed E-state index contributed by atoms with van der Waals surface area (Å²) in [5.41, 5.74) is 7.71. The van der Waals surface area contributed by atoms with Gasteiger partial charge in [-0.3, -0.25) is 9.89 Å².